The highest BCUT2D eigenvalue weighted by Gasteiger charge is 2.32. The van der Waals surface area contributed by atoms with Crippen molar-refractivity contribution >= 4 is 34.9 Å². The Labute approximate surface area is 193 Å². The van der Waals surface area contributed by atoms with Crippen LogP contribution in [0.15, 0.2) is 36.5 Å². The van der Waals surface area contributed by atoms with Gasteiger partial charge >= 0.3 is 6.36 Å². The molecule has 1 unspecified atom stereocenters. The minimum absolute atomic E-state index is 0.0263. The number of hydrogen-bond acceptors (Lipinski definition) is 5. The molecular formula is C22H22ClF3N4O3. The molecule has 1 aromatic heterocycles. The van der Waals surface area contributed by atoms with Crippen LogP contribution >= 0.6 is 11.6 Å². The van der Waals surface area contributed by atoms with Crippen LogP contribution in [0, 0.1) is 5.92 Å². The summed E-state index contributed by atoms with van der Waals surface area (Å²) in [6.07, 6.45) is -0.0843. The Balaban J connectivity index is 1.38. The van der Waals surface area contributed by atoms with Gasteiger partial charge in [0.2, 0.25) is 5.91 Å². The number of hydrogen-bond donors (Lipinski definition) is 2. The summed E-state index contributed by atoms with van der Waals surface area (Å²) in [5.74, 6) is -0.422. The lowest BCUT2D eigenvalue weighted by molar-refractivity contribution is -0.274. The number of carbonyl (C=O) groups excluding carboxylic acids is 2. The number of halogens is 4. The number of rotatable bonds is 6. The third kappa shape index (κ3) is 6.28. The summed E-state index contributed by atoms with van der Waals surface area (Å²) in [7, 11) is 0. The van der Waals surface area contributed by atoms with Crippen LogP contribution in [0.5, 0.6) is 5.75 Å². The molecule has 2 aliphatic rings. The van der Waals surface area contributed by atoms with E-state index >= 15 is 0 Å². The van der Waals surface area contributed by atoms with E-state index in [1.54, 1.807) is 6.07 Å². The maximum absolute atomic E-state index is 12.8. The van der Waals surface area contributed by atoms with Gasteiger partial charge in [0.05, 0.1) is 10.7 Å². The Bertz CT molecular complexity index is 1050. The molecule has 2 N–H and O–H groups in total. The second kappa shape index (κ2) is 9.46. The quantitative estimate of drug-likeness (QED) is 0.638. The van der Waals surface area contributed by atoms with Crippen LogP contribution in [0.1, 0.15) is 36.0 Å². The first kappa shape index (κ1) is 23.2. The standard InChI is InChI=1S/C22H22ClF3N4O3/c23-17-11-16(33-22(24,25)26)5-6-18(17)30-9-1-2-15(12-30)28-21(32)14-7-8-27-19(10-14)29-20(31)13-3-4-13/h5-8,10-11,13,15H,1-4,9,12H2,(H,28,32)(H,27,29,31). The lowest BCUT2D eigenvalue weighted by Crippen LogP contribution is -2.48. The Hall–Kier alpha value is -3.01. The number of benzene rings is 1. The zero-order valence-electron chi connectivity index (χ0n) is 17.5. The number of nitrogens with one attached hydrogen (secondary N) is 2. The van der Waals surface area contributed by atoms with Crippen molar-refractivity contribution < 1.29 is 27.5 Å². The highest BCUT2D eigenvalue weighted by Crippen LogP contribution is 2.34. The van der Waals surface area contributed by atoms with Crippen molar-refractivity contribution in [2.45, 2.75) is 38.1 Å². The molecule has 1 saturated carbocycles. The minimum Gasteiger partial charge on any atom is -0.406 e. The maximum atomic E-state index is 12.8. The smallest absolute Gasteiger partial charge is 0.406 e. The topological polar surface area (TPSA) is 83.6 Å². The fourth-order valence-corrected chi connectivity index (χ4v) is 4.03. The molecule has 7 nitrogen and oxygen atoms in total. The van der Waals surface area contributed by atoms with Gasteiger partial charge < -0.3 is 20.3 Å². The molecule has 33 heavy (non-hydrogen) atoms. The predicted molar refractivity (Wildman–Crippen MR) is 116 cm³/mol. The van der Waals surface area contributed by atoms with Crippen LogP contribution < -0.4 is 20.3 Å². The first-order valence-electron chi connectivity index (χ1n) is 10.6. The highest BCUT2D eigenvalue weighted by atomic mass is 35.5. The van der Waals surface area contributed by atoms with E-state index < -0.39 is 6.36 Å². The maximum Gasteiger partial charge on any atom is 0.573 e. The molecule has 0 radical (unpaired) electrons. The van der Waals surface area contributed by atoms with Crippen molar-refractivity contribution in [3.05, 3.63) is 47.1 Å². The molecular weight excluding hydrogens is 461 g/mol. The van der Waals surface area contributed by atoms with Gasteiger partial charge in [-0.25, -0.2) is 4.98 Å². The molecule has 11 heteroatoms. The number of nitrogens with zero attached hydrogens (tertiary/aromatic N) is 2. The average Bonchev–Trinajstić information content (AvgIpc) is 3.58. The van der Waals surface area contributed by atoms with Gasteiger partial charge in [0, 0.05) is 42.9 Å². The predicted octanol–water partition coefficient (Wildman–Crippen LogP) is 4.38. The fraction of sp³-hybridized carbons (Fsp3) is 0.409. The first-order chi connectivity index (χ1) is 15.7. The Morgan fingerprint density at radius 2 is 1.94 bits per heavy atom. The van der Waals surface area contributed by atoms with Crippen LogP contribution in [0.25, 0.3) is 0 Å². The van der Waals surface area contributed by atoms with Crippen LogP contribution in [0.4, 0.5) is 24.7 Å². The molecule has 1 aliphatic carbocycles. The molecule has 2 aromatic rings. The highest BCUT2D eigenvalue weighted by molar-refractivity contribution is 6.33. The number of piperidine rings is 1. The molecule has 1 aromatic carbocycles. The lowest BCUT2D eigenvalue weighted by Gasteiger charge is -2.35. The van der Waals surface area contributed by atoms with E-state index in [9.17, 15) is 22.8 Å². The van der Waals surface area contributed by atoms with Crippen molar-refractivity contribution in [1.29, 1.82) is 0 Å². The zero-order chi connectivity index (χ0) is 23.6. The third-order valence-corrected chi connectivity index (χ3v) is 5.77. The molecule has 0 bridgehead atoms. The van der Waals surface area contributed by atoms with E-state index in [1.807, 2.05) is 4.90 Å². The van der Waals surface area contributed by atoms with Gasteiger partial charge in [0.25, 0.3) is 5.91 Å². The number of pyridine rings is 1. The summed E-state index contributed by atoms with van der Waals surface area (Å²) >= 11 is 6.21. The second-order valence-electron chi connectivity index (χ2n) is 8.11. The zero-order valence-corrected chi connectivity index (χ0v) is 18.2. The summed E-state index contributed by atoms with van der Waals surface area (Å²) in [6.45, 7) is 1.10. The summed E-state index contributed by atoms with van der Waals surface area (Å²) in [6, 6.07) is 6.73. The molecule has 2 heterocycles. The van der Waals surface area contributed by atoms with Crippen molar-refractivity contribution in [3.63, 3.8) is 0 Å². The van der Waals surface area contributed by atoms with Gasteiger partial charge in [-0.2, -0.15) is 0 Å². The van der Waals surface area contributed by atoms with Crippen LogP contribution in [-0.4, -0.2) is 42.3 Å². The van der Waals surface area contributed by atoms with E-state index in [1.165, 1.54) is 24.4 Å². The Kier molecular flexibility index (Phi) is 6.64. The second-order valence-corrected chi connectivity index (χ2v) is 8.52. The third-order valence-electron chi connectivity index (χ3n) is 5.47. The minimum atomic E-state index is -4.79. The molecule has 1 aliphatic heterocycles. The summed E-state index contributed by atoms with van der Waals surface area (Å²) in [4.78, 5) is 30.7. The van der Waals surface area contributed by atoms with Gasteiger partial charge in [-0.15, -0.1) is 13.2 Å². The SMILES string of the molecule is O=C(NC1CCCN(c2ccc(OC(F)(F)F)cc2Cl)C1)c1ccnc(NC(=O)C2CC2)c1. The molecule has 4 rings (SSSR count). The first-order valence-corrected chi connectivity index (χ1v) is 10.9. The number of anilines is 2. The monoisotopic (exact) mass is 482 g/mol. The fourth-order valence-electron chi connectivity index (χ4n) is 3.74. The van der Waals surface area contributed by atoms with Crippen LogP contribution in [-0.2, 0) is 4.79 Å². The number of carbonyl (C=O) groups is 2. The van der Waals surface area contributed by atoms with Gasteiger partial charge in [-0.3, -0.25) is 9.59 Å². The molecule has 1 saturated heterocycles. The summed E-state index contributed by atoms with van der Waals surface area (Å²) in [5, 5.41) is 5.83. The van der Waals surface area contributed by atoms with E-state index in [4.69, 9.17) is 11.6 Å². The lowest BCUT2D eigenvalue weighted by atomic mass is 10.0. The van der Waals surface area contributed by atoms with Crippen LogP contribution in [0.2, 0.25) is 5.02 Å². The average molecular weight is 483 g/mol. The molecule has 176 valence electrons. The molecule has 2 fully saturated rings. The number of aromatic nitrogens is 1. The Morgan fingerprint density at radius 1 is 1.15 bits per heavy atom. The van der Waals surface area contributed by atoms with Crippen LogP contribution in [0.3, 0.4) is 0 Å². The van der Waals surface area contributed by atoms with Crippen molar-refractivity contribution in [2.75, 3.05) is 23.3 Å². The van der Waals surface area contributed by atoms with E-state index in [2.05, 4.69) is 20.4 Å². The molecule has 0 spiro atoms. The summed E-state index contributed by atoms with van der Waals surface area (Å²) < 4.78 is 41.2. The van der Waals surface area contributed by atoms with Gasteiger partial charge in [0.15, 0.2) is 0 Å². The van der Waals surface area contributed by atoms with Gasteiger partial charge in [0.1, 0.15) is 11.6 Å². The van der Waals surface area contributed by atoms with E-state index in [0.29, 0.717) is 30.2 Å². The van der Waals surface area contributed by atoms with E-state index in [0.717, 1.165) is 31.7 Å². The van der Waals surface area contributed by atoms with Gasteiger partial charge in [-0.05, 0) is 49.9 Å². The van der Waals surface area contributed by atoms with Crippen molar-refractivity contribution in [3.8, 4) is 5.75 Å². The number of amides is 2. The van der Waals surface area contributed by atoms with Crippen molar-refractivity contribution in [1.82, 2.24) is 10.3 Å². The van der Waals surface area contributed by atoms with Crippen molar-refractivity contribution in [2.24, 2.45) is 5.92 Å². The largest absolute Gasteiger partial charge is 0.573 e. The summed E-state index contributed by atoms with van der Waals surface area (Å²) in [5.41, 5.74) is 0.944. The molecule has 2 amide bonds. The number of ether oxygens (including phenoxy) is 1. The van der Waals surface area contributed by atoms with Gasteiger partial charge in [-0.1, -0.05) is 11.6 Å². The molecule has 1 atom stereocenters. The number of alkyl halides is 3. The normalized spacial score (nSPS) is 18.5. The van der Waals surface area contributed by atoms with E-state index in [-0.39, 0.29) is 34.5 Å². The Morgan fingerprint density at radius 3 is 2.64 bits per heavy atom.